The van der Waals surface area contributed by atoms with Crippen molar-refractivity contribution in [3.8, 4) is 0 Å². The molecule has 0 bridgehead atoms. The molecule has 1 amide bonds. The number of aromatic nitrogens is 1. The van der Waals surface area contributed by atoms with Gasteiger partial charge in [0.1, 0.15) is 17.1 Å². The van der Waals surface area contributed by atoms with Crippen molar-refractivity contribution < 1.29 is 23.1 Å². The molecule has 110 valence electrons. The number of hydrogen-bond donors (Lipinski definition) is 2. The fourth-order valence-corrected chi connectivity index (χ4v) is 3.67. The van der Waals surface area contributed by atoms with Crippen molar-refractivity contribution in [3.05, 3.63) is 18.0 Å². The molecular formula is C11H15N3O5S. The maximum Gasteiger partial charge on any atom is 0.318 e. The van der Waals surface area contributed by atoms with Gasteiger partial charge in [-0.3, -0.25) is 9.59 Å². The molecule has 1 heterocycles. The molecule has 3 N–H and O–H groups in total. The van der Waals surface area contributed by atoms with Crippen LogP contribution in [0.4, 0.5) is 0 Å². The van der Waals surface area contributed by atoms with Crippen LogP contribution in [0.25, 0.3) is 0 Å². The van der Waals surface area contributed by atoms with Crippen LogP contribution < -0.4 is 5.73 Å². The molecule has 1 saturated carbocycles. The number of nitrogens with zero attached hydrogens (tertiary/aromatic N) is 2. The summed E-state index contributed by atoms with van der Waals surface area (Å²) in [7, 11) is -2.45. The van der Waals surface area contributed by atoms with Gasteiger partial charge in [0.25, 0.3) is 5.91 Å². The monoisotopic (exact) mass is 301 g/mol. The molecule has 1 fully saturated rings. The number of sulfonamides is 1. The average molecular weight is 301 g/mol. The van der Waals surface area contributed by atoms with Gasteiger partial charge in [0, 0.05) is 19.3 Å². The minimum Gasteiger partial charge on any atom is -0.480 e. The number of aryl methyl sites for hydroxylation is 1. The third kappa shape index (κ3) is 2.68. The topological polar surface area (TPSA) is 123 Å². The van der Waals surface area contributed by atoms with Crippen molar-refractivity contribution in [2.24, 2.45) is 12.8 Å². The van der Waals surface area contributed by atoms with Gasteiger partial charge >= 0.3 is 5.97 Å². The van der Waals surface area contributed by atoms with E-state index in [0.717, 1.165) is 10.4 Å². The van der Waals surface area contributed by atoms with E-state index in [1.165, 1.54) is 17.8 Å². The van der Waals surface area contributed by atoms with Gasteiger partial charge < -0.3 is 15.4 Å². The summed E-state index contributed by atoms with van der Waals surface area (Å²) >= 11 is 0. The van der Waals surface area contributed by atoms with E-state index in [0.29, 0.717) is 12.8 Å². The van der Waals surface area contributed by atoms with Crippen molar-refractivity contribution in [3.63, 3.8) is 0 Å². The minimum absolute atomic E-state index is 0.0506. The smallest absolute Gasteiger partial charge is 0.318 e. The van der Waals surface area contributed by atoms with Gasteiger partial charge in [-0.1, -0.05) is 0 Å². The van der Waals surface area contributed by atoms with Crippen LogP contribution in [0, 0.1) is 0 Å². The molecular weight excluding hydrogens is 286 g/mol. The van der Waals surface area contributed by atoms with E-state index in [2.05, 4.69) is 0 Å². The molecule has 1 aromatic heterocycles. The van der Waals surface area contributed by atoms with Crippen LogP contribution >= 0.6 is 0 Å². The Bertz CT molecular complexity index is 660. The molecule has 0 spiro atoms. The highest BCUT2D eigenvalue weighted by molar-refractivity contribution is 7.89. The third-order valence-electron chi connectivity index (χ3n) is 3.08. The predicted molar refractivity (Wildman–Crippen MR) is 68.5 cm³/mol. The molecule has 20 heavy (non-hydrogen) atoms. The number of aliphatic carboxylic acids is 1. The third-order valence-corrected chi connectivity index (χ3v) is 4.95. The molecule has 8 nitrogen and oxygen atoms in total. The second kappa shape index (κ2) is 4.91. The summed E-state index contributed by atoms with van der Waals surface area (Å²) in [6, 6.07) is 0.878. The zero-order chi connectivity index (χ0) is 15.1. The van der Waals surface area contributed by atoms with Gasteiger partial charge in [0.2, 0.25) is 10.0 Å². The van der Waals surface area contributed by atoms with Crippen LogP contribution in [0.2, 0.25) is 0 Å². The lowest BCUT2D eigenvalue weighted by Crippen LogP contribution is -2.37. The molecule has 1 aliphatic rings. The number of carbonyl (C=O) groups is 2. The fraction of sp³-hybridized carbons (Fsp3) is 0.455. The summed E-state index contributed by atoms with van der Waals surface area (Å²) < 4.78 is 27.1. The Morgan fingerprint density at radius 1 is 1.50 bits per heavy atom. The summed E-state index contributed by atoms with van der Waals surface area (Å²) in [6.45, 7) is -0.589. The van der Waals surface area contributed by atoms with Crippen LogP contribution in [-0.2, 0) is 21.9 Å². The number of primary amides is 1. The van der Waals surface area contributed by atoms with Crippen LogP contribution in [-0.4, -0.2) is 46.9 Å². The first kappa shape index (κ1) is 14.5. The van der Waals surface area contributed by atoms with E-state index in [-0.39, 0.29) is 16.6 Å². The van der Waals surface area contributed by atoms with Crippen molar-refractivity contribution in [1.82, 2.24) is 8.87 Å². The number of carbonyl (C=O) groups excluding carboxylic acids is 1. The van der Waals surface area contributed by atoms with Gasteiger partial charge in [0.15, 0.2) is 0 Å². The molecule has 0 aromatic carbocycles. The van der Waals surface area contributed by atoms with Crippen LogP contribution in [0.1, 0.15) is 23.3 Å². The number of carboxylic acids is 1. The molecule has 0 radical (unpaired) electrons. The lowest BCUT2D eigenvalue weighted by molar-refractivity contribution is -0.137. The van der Waals surface area contributed by atoms with Gasteiger partial charge in [-0.25, -0.2) is 8.42 Å². The molecule has 0 unspecified atom stereocenters. The standard InChI is InChI=1S/C11H15N3O5S/c1-13-5-8(4-9(13)11(12)17)20(18,19)14(6-10(15)16)7-2-3-7/h4-5,7H,2-3,6H2,1H3,(H2,12,17)(H,15,16). The quantitative estimate of drug-likeness (QED) is 0.723. The molecule has 0 atom stereocenters. The Balaban J connectivity index is 2.40. The predicted octanol–water partition coefficient (Wildman–Crippen LogP) is -0.638. The van der Waals surface area contributed by atoms with Gasteiger partial charge in [-0.15, -0.1) is 0 Å². The van der Waals surface area contributed by atoms with E-state index in [1.807, 2.05) is 0 Å². The summed E-state index contributed by atoms with van der Waals surface area (Å²) in [5, 5.41) is 8.83. The lowest BCUT2D eigenvalue weighted by Gasteiger charge is -2.18. The Morgan fingerprint density at radius 2 is 2.10 bits per heavy atom. The first-order chi connectivity index (χ1) is 9.23. The van der Waals surface area contributed by atoms with Crippen LogP contribution in [0.15, 0.2) is 17.2 Å². The normalized spacial score (nSPS) is 15.5. The Morgan fingerprint density at radius 3 is 2.50 bits per heavy atom. The zero-order valence-corrected chi connectivity index (χ0v) is 11.6. The van der Waals surface area contributed by atoms with Gasteiger partial charge in [0.05, 0.1) is 0 Å². The fourth-order valence-electron chi connectivity index (χ4n) is 1.96. The SMILES string of the molecule is Cn1cc(S(=O)(=O)N(CC(=O)O)C2CC2)cc1C(N)=O. The number of amides is 1. The minimum atomic E-state index is -3.94. The van der Waals surface area contributed by atoms with E-state index < -0.39 is 28.4 Å². The van der Waals surface area contributed by atoms with Crippen molar-refractivity contribution in [1.29, 1.82) is 0 Å². The van der Waals surface area contributed by atoms with E-state index in [9.17, 15) is 18.0 Å². The Kier molecular flexibility index (Phi) is 3.57. The molecule has 0 aliphatic heterocycles. The molecule has 9 heteroatoms. The number of carboxylic acid groups (broad SMARTS) is 1. The van der Waals surface area contributed by atoms with Crippen molar-refractivity contribution >= 4 is 21.9 Å². The maximum absolute atomic E-state index is 12.4. The summed E-state index contributed by atoms with van der Waals surface area (Å²) in [4.78, 5) is 21.8. The van der Waals surface area contributed by atoms with E-state index in [1.54, 1.807) is 0 Å². The molecule has 1 aliphatic carbocycles. The second-order valence-electron chi connectivity index (χ2n) is 4.71. The molecule has 2 rings (SSSR count). The first-order valence-electron chi connectivity index (χ1n) is 5.93. The highest BCUT2D eigenvalue weighted by atomic mass is 32.2. The zero-order valence-electron chi connectivity index (χ0n) is 10.8. The van der Waals surface area contributed by atoms with Crippen LogP contribution in [0.5, 0.6) is 0 Å². The summed E-state index contributed by atoms with van der Waals surface area (Å²) in [5.74, 6) is -1.96. The number of nitrogens with two attached hydrogens (primary N) is 1. The van der Waals surface area contributed by atoms with Crippen molar-refractivity contribution in [2.75, 3.05) is 6.54 Å². The van der Waals surface area contributed by atoms with Crippen molar-refractivity contribution in [2.45, 2.75) is 23.8 Å². The summed E-state index contributed by atoms with van der Waals surface area (Å²) in [6.07, 6.45) is 2.54. The second-order valence-corrected chi connectivity index (χ2v) is 6.60. The Labute approximate surface area is 115 Å². The molecule has 0 saturated heterocycles. The van der Waals surface area contributed by atoms with Gasteiger partial charge in [-0.05, 0) is 18.9 Å². The number of hydrogen-bond acceptors (Lipinski definition) is 4. The number of rotatable bonds is 6. The van der Waals surface area contributed by atoms with E-state index >= 15 is 0 Å². The van der Waals surface area contributed by atoms with E-state index in [4.69, 9.17) is 10.8 Å². The van der Waals surface area contributed by atoms with Gasteiger partial charge in [-0.2, -0.15) is 4.31 Å². The Hall–Kier alpha value is -1.87. The molecule has 1 aromatic rings. The van der Waals surface area contributed by atoms with Crippen LogP contribution in [0.3, 0.4) is 0 Å². The highest BCUT2D eigenvalue weighted by Crippen LogP contribution is 2.32. The largest absolute Gasteiger partial charge is 0.480 e. The highest BCUT2D eigenvalue weighted by Gasteiger charge is 2.40. The maximum atomic E-state index is 12.4. The average Bonchev–Trinajstić information content (AvgIpc) is 3.07. The first-order valence-corrected chi connectivity index (χ1v) is 7.37. The lowest BCUT2D eigenvalue weighted by atomic mass is 10.4. The summed E-state index contributed by atoms with van der Waals surface area (Å²) in [5.41, 5.74) is 5.19.